The maximum Gasteiger partial charge on any atom is 0.191 e. The second kappa shape index (κ2) is 8.15. The van der Waals surface area contributed by atoms with Crippen LogP contribution in [0.5, 0.6) is 0 Å². The van der Waals surface area contributed by atoms with Crippen LogP contribution in [0.1, 0.15) is 21.1 Å². The summed E-state index contributed by atoms with van der Waals surface area (Å²) < 4.78 is 0. The minimum absolute atomic E-state index is 0.648. The first-order valence-electron chi connectivity index (χ1n) is 7.21. The first-order valence-corrected chi connectivity index (χ1v) is 8.40. The Labute approximate surface area is 140 Å². The molecule has 1 heterocycles. The van der Waals surface area contributed by atoms with Crippen LogP contribution in [0.15, 0.2) is 29.3 Å². The van der Waals surface area contributed by atoms with Gasteiger partial charge in [-0.15, -0.1) is 11.3 Å². The van der Waals surface area contributed by atoms with Crippen LogP contribution in [-0.4, -0.2) is 24.5 Å². The summed E-state index contributed by atoms with van der Waals surface area (Å²) in [6.07, 6.45) is 0.895. The van der Waals surface area contributed by atoms with Crippen LogP contribution in [0.2, 0.25) is 5.02 Å². The van der Waals surface area contributed by atoms with Crippen molar-refractivity contribution < 1.29 is 0 Å². The lowest BCUT2D eigenvalue weighted by molar-refractivity contribution is 0.791. The highest BCUT2D eigenvalue weighted by Gasteiger charge is 2.05. The Morgan fingerprint density at radius 2 is 2.05 bits per heavy atom. The molecule has 0 bridgehead atoms. The Morgan fingerprint density at radius 1 is 1.27 bits per heavy atom. The summed E-state index contributed by atoms with van der Waals surface area (Å²) >= 11 is 7.90. The molecule has 0 aliphatic heterocycles. The molecule has 2 aromatic rings. The van der Waals surface area contributed by atoms with Crippen molar-refractivity contribution in [1.29, 1.82) is 0 Å². The maximum absolute atomic E-state index is 6.15. The first kappa shape index (κ1) is 16.8. The lowest BCUT2D eigenvalue weighted by Gasteiger charge is -2.12. The van der Waals surface area contributed by atoms with Crippen molar-refractivity contribution in [3.63, 3.8) is 0 Å². The number of rotatable bonds is 5. The quantitative estimate of drug-likeness (QED) is 0.650. The topological polar surface area (TPSA) is 49.3 Å². The number of aliphatic imine (C=N–C) groups is 1. The third kappa shape index (κ3) is 4.71. The zero-order valence-electron chi connectivity index (χ0n) is 13.1. The Hall–Kier alpha value is -1.59. The summed E-state index contributed by atoms with van der Waals surface area (Å²) in [6.45, 7) is 5.60. The van der Waals surface area contributed by atoms with E-state index >= 15 is 0 Å². The SMILES string of the molecule is CN=C(NCCc1nc(C)c(C)s1)NCc1ccccc1Cl. The van der Waals surface area contributed by atoms with Crippen molar-refractivity contribution in [3.8, 4) is 0 Å². The van der Waals surface area contributed by atoms with Crippen molar-refractivity contribution in [2.24, 2.45) is 4.99 Å². The second-order valence-electron chi connectivity index (χ2n) is 4.94. The third-order valence-corrected chi connectivity index (χ3v) is 4.83. The highest BCUT2D eigenvalue weighted by Crippen LogP contribution is 2.16. The normalized spacial score (nSPS) is 11.5. The molecule has 1 aromatic carbocycles. The third-order valence-electron chi connectivity index (χ3n) is 3.33. The lowest BCUT2D eigenvalue weighted by Crippen LogP contribution is -2.37. The molecule has 0 spiro atoms. The average Bonchev–Trinajstić information content (AvgIpc) is 2.82. The second-order valence-corrected chi connectivity index (χ2v) is 6.64. The fourth-order valence-electron chi connectivity index (χ4n) is 1.98. The molecule has 2 N–H and O–H groups in total. The molecule has 0 amide bonds. The van der Waals surface area contributed by atoms with Gasteiger partial charge in [-0.05, 0) is 25.5 Å². The number of nitrogens with one attached hydrogen (secondary N) is 2. The van der Waals surface area contributed by atoms with E-state index in [9.17, 15) is 0 Å². The van der Waals surface area contributed by atoms with Gasteiger partial charge >= 0.3 is 0 Å². The molecule has 0 fully saturated rings. The number of nitrogens with zero attached hydrogens (tertiary/aromatic N) is 2. The van der Waals surface area contributed by atoms with Crippen molar-refractivity contribution >= 4 is 28.9 Å². The standard InChI is InChI=1S/C16H21ClN4S/c1-11-12(2)22-15(21-11)8-9-19-16(18-3)20-10-13-6-4-5-7-14(13)17/h4-7H,8-10H2,1-3H3,(H2,18,19,20). The Morgan fingerprint density at radius 3 is 2.68 bits per heavy atom. The molecule has 0 unspecified atom stereocenters. The van der Waals surface area contributed by atoms with E-state index in [-0.39, 0.29) is 0 Å². The van der Waals surface area contributed by atoms with Gasteiger partial charge in [0.1, 0.15) is 0 Å². The van der Waals surface area contributed by atoms with Gasteiger partial charge in [0.25, 0.3) is 0 Å². The lowest BCUT2D eigenvalue weighted by atomic mass is 10.2. The molecule has 22 heavy (non-hydrogen) atoms. The molecule has 0 aliphatic rings. The number of thiazole rings is 1. The van der Waals surface area contributed by atoms with Crippen molar-refractivity contribution in [2.75, 3.05) is 13.6 Å². The molecule has 0 saturated carbocycles. The van der Waals surface area contributed by atoms with E-state index in [1.807, 2.05) is 31.2 Å². The van der Waals surface area contributed by atoms with E-state index in [4.69, 9.17) is 11.6 Å². The number of benzene rings is 1. The number of aromatic nitrogens is 1. The van der Waals surface area contributed by atoms with Crippen molar-refractivity contribution in [1.82, 2.24) is 15.6 Å². The summed E-state index contributed by atoms with van der Waals surface area (Å²) in [5, 5.41) is 8.49. The summed E-state index contributed by atoms with van der Waals surface area (Å²) in [6, 6.07) is 7.80. The summed E-state index contributed by atoms with van der Waals surface area (Å²) in [5.41, 5.74) is 2.18. The van der Waals surface area contributed by atoms with Crippen molar-refractivity contribution in [2.45, 2.75) is 26.8 Å². The van der Waals surface area contributed by atoms with Gasteiger partial charge in [0, 0.05) is 36.5 Å². The Bertz CT molecular complexity index is 632. The number of hydrogen-bond acceptors (Lipinski definition) is 3. The number of hydrogen-bond donors (Lipinski definition) is 2. The Kier molecular flexibility index (Phi) is 6.21. The van der Waals surface area contributed by atoms with E-state index in [0.717, 1.165) is 40.2 Å². The monoisotopic (exact) mass is 336 g/mol. The van der Waals surface area contributed by atoms with Crippen LogP contribution in [0.3, 0.4) is 0 Å². The minimum Gasteiger partial charge on any atom is -0.356 e. The summed E-state index contributed by atoms with van der Waals surface area (Å²) in [7, 11) is 1.76. The average molecular weight is 337 g/mol. The van der Waals surface area contributed by atoms with Crippen LogP contribution in [-0.2, 0) is 13.0 Å². The molecule has 0 radical (unpaired) electrons. The van der Waals surface area contributed by atoms with Crippen LogP contribution >= 0.6 is 22.9 Å². The van der Waals surface area contributed by atoms with Gasteiger partial charge in [-0.3, -0.25) is 4.99 Å². The van der Waals surface area contributed by atoms with E-state index < -0.39 is 0 Å². The molecule has 1 aromatic heterocycles. The summed E-state index contributed by atoms with van der Waals surface area (Å²) in [4.78, 5) is 10.0. The van der Waals surface area contributed by atoms with E-state index in [1.54, 1.807) is 18.4 Å². The molecular weight excluding hydrogens is 316 g/mol. The number of aryl methyl sites for hydroxylation is 2. The van der Waals surface area contributed by atoms with Gasteiger partial charge in [-0.1, -0.05) is 29.8 Å². The van der Waals surface area contributed by atoms with Gasteiger partial charge < -0.3 is 10.6 Å². The van der Waals surface area contributed by atoms with Gasteiger partial charge in [-0.2, -0.15) is 0 Å². The molecule has 4 nitrogen and oxygen atoms in total. The molecule has 0 atom stereocenters. The highest BCUT2D eigenvalue weighted by atomic mass is 35.5. The number of guanidine groups is 1. The highest BCUT2D eigenvalue weighted by molar-refractivity contribution is 7.11. The van der Waals surface area contributed by atoms with E-state index in [2.05, 4.69) is 27.5 Å². The summed E-state index contributed by atoms with van der Waals surface area (Å²) in [5.74, 6) is 0.768. The molecule has 6 heteroatoms. The van der Waals surface area contributed by atoms with Crippen molar-refractivity contribution in [3.05, 3.63) is 50.4 Å². The molecule has 0 aliphatic carbocycles. The fraction of sp³-hybridized carbons (Fsp3) is 0.375. The maximum atomic E-state index is 6.15. The van der Waals surface area contributed by atoms with Crippen LogP contribution in [0.25, 0.3) is 0 Å². The largest absolute Gasteiger partial charge is 0.356 e. The van der Waals surface area contributed by atoms with Gasteiger partial charge in [0.15, 0.2) is 5.96 Å². The molecular formula is C16H21ClN4S. The molecule has 118 valence electrons. The van der Waals surface area contributed by atoms with Crippen LogP contribution in [0, 0.1) is 13.8 Å². The Balaban J connectivity index is 1.79. The van der Waals surface area contributed by atoms with Gasteiger partial charge in [0.05, 0.1) is 10.7 Å². The van der Waals surface area contributed by atoms with Crippen LogP contribution in [0.4, 0.5) is 0 Å². The zero-order valence-corrected chi connectivity index (χ0v) is 14.7. The van der Waals surface area contributed by atoms with Gasteiger partial charge in [-0.25, -0.2) is 4.98 Å². The van der Waals surface area contributed by atoms with E-state index in [0.29, 0.717) is 6.54 Å². The molecule has 0 saturated heterocycles. The minimum atomic E-state index is 0.648. The van der Waals surface area contributed by atoms with Gasteiger partial charge in [0.2, 0.25) is 0 Å². The first-order chi connectivity index (χ1) is 10.6. The number of halogens is 1. The fourth-order valence-corrected chi connectivity index (χ4v) is 3.11. The molecule has 2 rings (SSSR count). The zero-order chi connectivity index (χ0) is 15.9. The predicted molar refractivity (Wildman–Crippen MR) is 94.9 cm³/mol. The smallest absolute Gasteiger partial charge is 0.191 e. The predicted octanol–water partition coefficient (Wildman–Crippen LogP) is 3.32. The van der Waals surface area contributed by atoms with E-state index in [1.165, 1.54) is 4.88 Å². The van der Waals surface area contributed by atoms with Crippen LogP contribution < -0.4 is 10.6 Å².